The molecule has 0 radical (unpaired) electrons. The van der Waals surface area contributed by atoms with Gasteiger partial charge in [0.1, 0.15) is 5.75 Å². The summed E-state index contributed by atoms with van der Waals surface area (Å²) in [5.74, 6) is -0.952. The van der Waals surface area contributed by atoms with E-state index < -0.39 is 22.7 Å². The fourth-order valence-electron chi connectivity index (χ4n) is 3.89. The van der Waals surface area contributed by atoms with Gasteiger partial charge in [-0.25, -0.2) is 10.2 Å². The van der Waals surface area contributed by atoms with Crippen LogP contribution in [0.4, 0.5) is 11.4 Å². The van der Waals surface area contributed by atoms with Crippen LogP contribution in [-0.4, -0.2) is 43.1 Å². The van der Waals surface area contributed by atoms with E-state index in [4.69, 9.17) is 25.8 Å². The number of esters is 1. The molecule has 0 fully saturated rings. The van der Waals surface area contributed by atoms with Crippen molar-refractivity contribution in [3.05, 3.63) is 128 Å². The topological polar surface area (TPSA) is 158 Å². The van der Waals surface area contributed by atoms with E-state index in [2.05, 4.69) is 15.8 Å². The van der Waals surface area contributed by atoms with Crippen LogP contribution in [0.1, 0.15) is 31.8 Å². The van der Waals surface area contributed by atoms with Crippen molar-refractivity contribution < 1.29 is 33.5 Å². The van der Waals surface area contributed by atoms with Gasteiger partial charge in [-0.05, 0) is 83.9 Å². The Morgan fingerprint density at radius 1 is 0.844 bits per heavy atom. The molecular formula is C32H25ClN4O8. The Morgan fingerprint density at radius 3 is 2.27 bits per heavy atom. The Morgan fingerprint density at radius 2 is 1.56 bits per heavy atom. The maximum atomic E-state index is 12.8. The number of nitro groups is 1. The number of rotatable bonds is 11. The molecule has 0 heterocycles. The van der Waals surface area contributed by atoms with Crippen molar-refractivity contribution in [3.63, 3.8) is 0 Å². The molecule has 0 unspecified atom stereocenters. The van der Waals surface area contributed by atoms with Gasteiger partial charge in [0, 0.05) is 34.5 Å². The predicted molar refractivity (Wildman–Crippen MR) is 168 cm³/mol. The fraction of sp³-hybridized carbons (Fsp3) is 0.0625. The summed E-state index contributed by atoms with van der Waals surface area (Å²) in [7, 11) is 2.84. The second-order valence-electron chi connectivity index (χ2n) is 9.09. The van der Waals surface area contributed by atoms with Crippen LogP contribution in [-0.2, 0) is 4.79 Å². The molecule has 4 rings (SSSR count). The molecule has 4 aromatic carbocycles. The van der Waals surface area contributed by atoms with E-state index in [0.717, 1.165) is 0 Å². The molecule has 2 N–H and O–H groups in total. The SMILES string of the molecule is COc1cc(C=NNC(=O)c2cccc(NC(=O)c3cc(Cl)ccc3OC)c2)ccc1OC(=O)/C=C/c1ccc([N+](=O)[O-])cc1. The standard InChI is InChI=1S/C32H25ClN4O8/c1-43-27-14-10-23(33)18-26(27)32(40)35-24-5-3-4-22(17-24)31(39)36-34-19-21-8-13-28(29(16-21)44-2)45-30(38)15-9-20-6-11-25(12-7-20)37(41)42/h3-19H,1-2H3,(H,35,40)(H,36,39)/b15-9+,34-19?. The molecule has 228 valence electrons. The van der Waals surface area contributed by atoms with Crippen LogP contribution in [0.25, 0.3) is 6.08 Å². The van der Waals surface area contributed by atoms with Gasteiger partial charge in [0.25, 0.3) is 17.5 Å². The highest BCUT2D eigenvalue weighted by Gasteiger charge is 2.15. The summed E-state index contributed by atoms with van der Waals surface area (Å²) < 4.78 is 15.9. The minimum absolute atomic E-state index is 0.0607. The molecule has 4 aromatic rings. The van der Waals surface area contributed by atoms with Crippen LogP contribution >= 0.6 is 11.6 Å². The van der Waals surface area contributed by atoms with Crippen LogP contribution in [0.15, 0.2) is 96.1 Å². The van der Waals surface area contributed by atoms with Crippen molar-refractivity contribution in [1.29, 1.82) is 0 Å². The van der Waals surface area contributed by atoms with Gasteiger partial charge in [-0.2, -0.15) is 5.10 Å². The van der Waals surface area contributed by atoms with Crippen LogP contribution in [0.2, 0.25) is 5.02 Å². The summed E-state index contributed by atoms with van der Waals surface area (Å²) in [6.45, 7) is 0. The number of nitro benzene ring substituents is 1. The number of non-ortho nitro benzene ring substituents is 1. The van der Waals surface area contributed by atoms with Crippen molar-refractivity contribution in [1.82, 2.24) is 5.43 Å². The number of ether oxygens (including phenoxy) is 3. The molecule has 13 heteroatoms. The number of nitrogens with zero attached hydrogens (tertiary/aromatic N) is 2. The van der Waals surface area contributed by atoms with Gasteiger partial charge in [-0.1, -0.05) is 17.7 Å². The second kappa shape index (κ2) is 14.9. The van der Waals surface area contributed by atoms with Gasteiger partial charge in [0.2, 0.25) is 0 Å². The Bertz CT molecular complexity index is 1810. The molecule has 0 aliphatic heterocycles. The maximum Gasteiger partial charge on any atom is 0.336 e. The third kappa shape index (κ3) is 8.75. The highest BCUT2D eigenvalue weighted by molar-refractivity contribution is 6.31. The average Bonchev–Trinajstić information content (AvgIpc) is 3.04. The van der Waals surface area contributed by atoms with Gasteiger partial charge in [-0.3, -0.25) is 19.7 Å². The average molecular weight is 629 g/mol. The first-order chi connectivity index (χ1) is 21.7. The first-order valence-corrected chi connectivity index (χ1v) is 13.5. The van der Waals surface area contributed by atoms with E-state index in [1.165, 1.54) is 75.1 Å². The second-order valence-corrected chi connectivity index (χ2v) is 9.53. The minimum Gasteiger partial charge on any atom is -0.496 e. The first-order valence-electron chi connectivity index (χ1n) is 13.1. The molecule has 45 heavy (non-hydrogen) atoms. The van der Waals surface area contributed by atoms with E-state index >= 15 is 0 Å². The maximum absolute atomic E-state index is 12.8. The molecule has 0 spiro atoms. The third-order valence-electron chi connectivity index (χ3n) is 6.08. The smallest absolute Gasteiger partial charge is 0.336 e. The monoisotopic (exact) mass is 628 g/mol. The molecule has 0 saturated heterocycles. The van der Waals surface area contributed by atoms with Crippen molar-refractivity contribution in [2.75, 3.05) is 19.5 Å². The number of carbonyl (C=O) groups excluding carboxylic acids is 3. The Balaban J connectivity index is 1.35. The molecular weight excluding hydrogens is 604 g/mol. The van der Waals surface area contributed by atoms with Crippen molar-refractivity contribution in [2.45, 2.75) is 0 Å². The number of nitrogens with one attached hydrogen (secondary N) is 2. The van der Waals surface area contributed by atoms with Gasteiger partial charge in [0.15, 0.2) is 11.5 Å². The van der Waals surface area contributed by atoms with Gasteiger partial charge in [-0.15, -0.1) is 0 Å². The highest BCUT2D eigenvalue weighted by atomic mass is 35.5. The minimum atomic E-state index is -0.689. The Labute approximate surface area is 262 Å². The lowest BCUT2D eigenvalue weighted by Gasteiger charge is -2.10. The number of carbonyl (C=O) groups is 3. The number of hydrogen-bond acceptors (Lipinski definition) is 9. The molecule has 0 atom stereocenters. The lowest BCUT2D eigenvalue weighted by atomic mass is 10.1. The normalized spacial score (nSPS) is 10.8. The highest BCUT2D eigenvalue weighted by Crippen LogP contribution is 2.28. The molecule has 0 aliphatic rings. The van der Waals surface area contributed by atoms with Gasteiger partial charge < -0.3 is 19.5 Å². The number of hydrogen-bond donors (Lipinski definition) is 2. The molecule has 12 nitrogen and oxygen atoms in total. The Hall–Kier alpha value is -6.01. The largest absolute Gasteiger partial charge is 0.496 e. The van der Waals surface area contributed by atoms with Crippen molar-refractivity contribution in [2.24, 2.45) is 5.10 Å². The van der Waals surface area contributed by atoms with Crippen LogP contribution in [0.3, 0.4) is 0 Å². The third-order valence-corrected chi connectivity index (χ3v) is 6.32. The lowest BCUT2D eigenvalue weighted by Crippen LogP contribution is -2.18. The molecule has 0 saturated carbocycles. The summed E-state index contributed by atoms with van der Waals surface area (Å²) in [4.78, 5) is 48.1. The summed E-state index contributed by atoms with van der Waals surface area (Å²) in [6.07, 6.45) is 4.01. The van der Waals surface area contributed by atoms with Crippen LogP contribution < -0.4 is 25.0 Å². The van der Waals surface area contributed by atoms with E-state index in [-0.39, 0.29) is 28.3 Å². The molecule has 0 aromatic heterocycles. The van der Waals surface area contributed by atoms with E-state index in [1.807, 2.05) is 0 Å². The van der Waals surface area contributed by atoms with Crippen LogP contribution in [0.5, 0.6) is 17.2 Å². The zero-order valence-electron chi connectivity index (χ0n) is 23.9. The van der Waals surface area contributed by atoms with Gasteiger partial charge in [0.05, 0.1) is 30.9 Å². The summed E-state index contributed by atoms with van der Waals surface area (Å²) in [5.41, 5.74) is 4.31. The number of hydrazone groups is 1. The van der Waals surface area contributed by atoms with Crippen molar-refractivity contribution in [3.8, 4) is 17.2 Å². The number of amides is 2. The summed E-state index contributed by atoms with van der Waals surface area (Å²) in [6, 6.07) is 21.3. The predicted octanol–water partition coefficient (Wildman–Crippen LogP) is 5.90. The van der Waals surface area contributed by atoms with Crippen molar-refractivity contribution >= 4 is 53.0 Å². The number of halogens is 1. The fourth-order valence-corrected chi connectivity index (χ4v) is 4.06. The number of benzene rings is 4. The first kappa shape index (κ1) is 31.9. The van der Waals surface area contributed by atoms with E-state index in [9.17, 15) is 24.5 Å². The number of methoxy groups -OCH3 is 2. The van der Waals surface area contributed by atoms with Crippen LogP contribution in [0, 0.1) is 10.1 Å². The zero-order valence-corrected chi connectivity index (χ0v) is 24.6. The van der Waals surface area contributed by atoms with E-state index in [1.54, 1.807) is 42.5 Å². The summed E-state index contributed by atoms with van der Waals surface area (Å²) >= 11 is 6.02. The Kier molecular flexibility index (Phi) is 10.6. The molecule has 0 aliphatic carbocycles. The molecule has 0 bridgehead atoms. The lowest BCUT2D eigenvalue weighted by molar-refractivity contribution is -0.384. The zero-order chi connectivity index (χ0) is 32.3. The number of anilines is 1. The summed E-state index contributed by atoms with van der Waals surface area (Å²) in [5, 5.41) is 17.8. The quantitative estimate of drug-likeness (QED) is 0.0519. The molecule has 2 amide bonds. The van der Waals surface area contributed by atoms with E-state index in [0.29, 0.717) is 27.6 Å². The van der Waals surface area contributed by atoms with Gasteiger partial charge >= 0.3 is 5.97 Å².